The van der Waals surface area contributed by atoms with Crippen LogP contribution in [0.25, 0.3) is 0 Å². The Kier molecular flexibility index (Phi) is 4.48. The molecule has 6 heteroatoms. The van der Waals surface area contributed by atoms with E-state index in [1.54, 1.807) is 24.4 Å². The lowest BCUT2D eigenvalue weighted by Gasteiger charge is -2.11. The molecule has 0 bridgehead atoms. The first-order valence-corrected chi connectivity index (χ1v) is 7.00. The number of hydrogen-bond acceptors (Lipinski definition) is 3. The first-order chi connectivity index (χ1) is 9.55. The maximum atomic E-state index is 11.6. The summed E-state index contributed by atoms with van der Waals surface area (Å²) in [6.45, 7) is 1.95. The number of pyridine rings is 1. The zero-order valence-electron chi connectivity index (χ0n) is 10.5. The van der Waals surface area contributed by atoms with Gasteiger partial charge < -0.3 is 9.72 Å². The minimum absolute atomic E-state index is 0.278. The van der Waals surface area contributed by atoms with E-state index in [9.17, 15) is 4.79 Å². The minimum atomic E-state index is -0.278. The quantitative estimate of drug-likeness (QED) is 0.906. The highest BCUT2D eigenvalue weighted by Gasteiger charge is 2.12. The Labute approximate surface area is 129 Å². The van der Waals surface area contributed by atoms with Gasteiger partial charge in [-0.3, -0.25) is 4.79 Å². The van der Waals surface area contributed by atoms with E-state index in [4.69, 9.17) is 21.6 Å². The fourth-order valence-electron chi connectivity index (χ4n) is 1.70. The molecule has 2 rings (SSSR count). The fraction of sp³-hybridized carbons (Fsp3) is 0.143. The van der Waals surface area contributed by atoms with Crippen LogP contribution in [-0.2, 0) is 6.42 Å². The summed E-state index contributed by atoms with van der Waals surface area (Å²) >= 11 is 9.15. The number of benzene rings is 1. The van der Waals surface area contributed by atoms with Crippen LogP contribution in [-0.4, -0.2) is 4.98 Å². The lowest BCUT2D eigenvalue weighted by Crippen LogP contribution is -2.09. The molecule has 0 aliphatic heterocycles. The average molecular weight is 354 g/mol. The highest BCUT2D eigenvalue weighted by molar-refractivity contribution is 9.10. The molecular formula is C14H10BrClN2O2. The second-order valence-corrected chi connectivity index (χ2v) is 5.26. The van der Waals surface area contributed by atoms with Gasteiger partial charge in [0.1, 0.15) is 10.2 Å². The molecule has 0 unspecified atom stereocenters. The normalized spacial score (nSPS) is 10.1. The van der Waals surface area contributed by atoms with Crippen molar-refractivity contribution in [3.63, 3.8) is 0 Å². The summed E-state index contributed by atoms with van der Waals surface area (Å²) in [6, 6.07) is 6.71. The molecule has 0 fully saturated rings. The standard InChI is InChI=1S/C14H10BrClN2O2/c1-2-9-7-18-14(19)12(15)13(9)20-11-4-8(6-17)3-10(16)5-11/h3-5,7H,2H2,1H3,(H,18,19). The van der Waals surface area contributed by atoms with E-state index in [1.165, 1.54) is 0 Å². The molecule has 0 saturated carbocycles. The van der Waals surface area contributed by atoms with Crippen LogP contribution in [0, 0.1) is 11.3 Å². The summed E-state index contributed by atoms with van der Waals surface area (Å²) in [5.74, 6) is 0.845. The molecule has 0 aliphatic carbocycles. The molecule has 0 aliphatic rings. The highest BCUT2D eigenvalue weighted by atomic mass is 79.9. The van der Waals surface area contributed by atoms with Crippen molar-refractivity contribution >= 4 is 27.5 Å². The number of hydrogen-bond donors (Lipinski definition) is 1. The Morgan fingerprint density at radius 3 is 2.85 bits per heavy atom. The molecule has 2 aromatic rings. The van der Waals surface area contributed by atoms with Crippen LogP contribution in [0.15, 0.2) is 33.7 Å². The van der Waals surface area contributed by atoms with E-state index < -0.39 is 0 Å². The number of rotatable bonds is 3. The number of aromatic nitrogens is 1. The number of nitrogens with zero attached hydrogens (tertiary/aromatic N) is 1. The Bertz CT molecular complexity index is 750. The number of H-pyrrole nitrogens is 1. The molecule has 0 atom stereocenters. The van der Waals surface area contributed by atoms with E-state index >= 15 is 0 Å². The lowest BCUT2D eigenvalue weighted by atomic mass is 10.2. The van der Waals surface area contributed by atoms with Gasteiger partial charge in [-0.05, 0) is 40.5 Å². The number of aromatic amines is 1. The van der Waals surface area contributed by atoms with Gasteiger partial charge in [0.25, 0.3) is 5.56 Å². The van der Waals surface area contributed by atoms with Crippen molar-refractivity contribution < 1.29 is 4.74 Å². The molecule has 102 valence electrons. The van der Waals surface area contributed by atoms with Crippen LogP contribution in [0.1, 0.15) is 18.1 Å². The molecule has 20 heavy (non-hydrogen) atoms. The van der Waals surface area contributed by atoms with Crippen molar-refractivity contribution in [3.05, 3.63) is 55.4 Å². The van der Waals surface area contributed by atoms with Crippen LogP contribution in [0.2, 0.25) is 5.02 Å². The molecule has 0 radical (unpaired) electrons. The summed E-state index contributed by atoms with van der Waals surface area (Å²) in [5.41, 5.74) is 0.959. The number of ether oxygens (including phenoxy) is 1. The Morgan fingerprint density at radius 1 is 1.45 bits per heavy atom. The maximum Gasteiger partial charge on any atom is 0.266 e. The molecule has 1 heterocycles. The maximum absolute atomic E-state index is 11.6. The van der Waals surface area contributed by atoms with Crippen molar-refractivity contribution in [1.29, 1.82) is 5.26 Å². The Hall–Kier alpha value is -1.77. The second kappa shape index (κ2) is 6.12. The molecule has 1 aromatic carbocycles. The summed E-state index contributed by atoms with van der Waals surface area (Å²) in [7, 11) is 0. The van der Waals surface area contributed by atoms with Gasteiger partial charge >= 0.3 is 0 Å². The van der Waals surface area contributed by atoms with Crippen LogP contribution < -0.4 is 10.3 Å². The summed E-state index contributed by atoms with van der Waals surface area (Å²) in [5, 5.41) is 9.32. The smallest absolute Gasteiger partial charge is 0.266 e. The van der Waals surface area contributed by atoms with Crippen molar-refractivity contribution in [2.45, 2.75) is 13.3 Å². The monoisotopic (exact) mass is 352 g/mol. The van der Waals surface area contributed by atoms with E-state index in [0.717, 1.165) is 5.56 Å². The average Bonchev–Trinajstić information content (AvgIpc) is 2.43. The Morgan fingerprint density at radius 2 is 2.20 bits per heavy atom. The lowest BCUT2D eigenvalue weighted by molar-refractivity contribution is 0.471. The molecule has 0 amide bonds. The van der Waals surface area contributed by atoms with Gasteiger partial charge in [-0.25, -0.2) is 0 Å². The molecule has 0 saturated heterocycles. The summed E-state index contributed by atoms with van der Waals surface area (Å²) in [4.78, 5) is 14.2. The van der Waals surface area contributed by atoms with E-state index in [1.807, 2.05) is 13.0 Å². The second-order valence-electron chi connectivity index (χ2n) is 4.03. The topological polar surface area (TPSA) is 65.9 Å². The summed E-state index contributed by atoms with van der Waals surface area (Å²) in [6.07, 6.45) is 2.30. The first-order valence-electron chi connectivity index (χ1n) is 5.83. The molecule has 1 N–H and O–H groups in total. The SMILES string of the molecule is CCc1c[nH]c(=O)c(Br)c1Oc1cc(Cl)cc(C#N)c1. The van der Waals surface area contributed by atoms with Gasteiger partial charge in [0.2, 0.25) is 0 Å². The number of nitrogens with one attached hydrogen (secondary N) is 1. The fourth-order valence-corrected chi connectivity index (χ4v) is 2.38. The van der Waals surface area contributed by atoms with Gasteiger partial charge in [-0.1, -0.05) is 18.5 Å². The molecule has 0 spiro atoms. The third-order valence-corrected chi connectivity index (χ3v) is 3.61. The van der Waals surface area contributed by atoms with Crippen molar-refractivity contribution in [1.82, 2.24) is 4.98 Å². The van der Waals surface area contributed by atoms with Crippen LogP contribution in [0.4, 0.5) is 0 Å². The van der Waals surface area contributed by atoms with Gasteiger partial charge in [0.15, 0.2) is 5.75 Å². The number of nitriles is 1. The number of halogens is 2. The first kappa shape index (κ1) is 14.6. The highest BCUT2D eigenvalue weighted by Crippen LogP contribution is 2.32. The molecule has 1 aromatic heterocycles. The van der Waals surface area contributed by atoms with E-state index in [-0.39, 0.29) is 5.56 Å². The van der Waals surface area contributed by atoms with E-state index in [2.05, 4.69) is 20.9 Å². The van der Waals surface area contributed by atoms with Crippen molar-refractivity contribution in [3.8, 4) is 17.6 Å². The largest absolute Gasteiger partial charge is 0.456 e. The van der Waals surface area contributed by atoms with Crippen molar-refractivity contribution in [2.75, 3.05) is 0 Å². The van der Waals surface area contributed by atoms with E-state index in [0.29, 0.717) is 33.0 Å². The van der Waals surface area contributed by atoms with Gasteiger partial charge in [-0.2, -0.15) is 5.26 Å². The third kappa shape index (κ3) is 3.03. The summed E-state index contributed by atoms with van der Waals surface area (Å²) < 4.78 is 6.05. The van der Waals surface area contributed by atoms with Crippen LogP contribution in [0.3, 0.4) is 0 Å². The number of aryl methyl sites for hydroxylation is 1. The third-order valence-electron chi connectivity index (χ3n) is 2.67. The molecular weight excluding hydrogens is 344 g/mol. The van der Waals surface area contributed by atoms with Crippen molar-refractivity contribution in [2.24, 2.45) is 0 Å². The van der Waals surface area contributed by atoms with Gasteiger partial charge in [0, 0.05) is 16.8 Å². The zero-order chi connectivity index (χ0) is 14.7. The van der Waals surface area contributed by atoms with Gasteiger partial charge in [-0.15, -0.1) is 0 Å². The minimum Gasteiger partial charge on any atom is -0.456 e. The van der Waals surface area contributed by atoms with Crippen LogP contribution >= 0.6 is 27.5 Å². The Balaban J connectivity index is 2.50. The van der Waals surface area contributed by atoms with Crippen LogP contribution in [0.5, 0.6) is 11.5 Å². The zero-order valence-corrected chi connectivity index (χ0v) is 12.9. The van der Waals surface area contributed by atoms with Gasteiger partial charge in [0.05, 0.1) is 11.6 Å². The predicted octanol–water partition coefficient (Wildman–Crippen LogP) is 4.02. The molecule has 4 nitrogen and oxygen atoms in total. The predicted molar refractivity (Wildman–Crippen MR) is 80.4 cm³/mol.